The summed E-state index contributed by atoms with van der Waals surface area (Å²) < 4.78 is 12.5. The summed E-state index contributed by atoms with van der Waals surface area (Å²) in [5.74, 6) is 0.998. The summed E-state index contributed by atoms with van der Waals surface area (Å²) in [7, 11) is 3.57. The van der Waals surface area contributed by atoms with Gasteiger partial charge in [0.1, 0.15) is 11.5 Å². The number of hydrogen-bond acceptors (Lipinski definition) is 7. The van der Waals surface area contributed by atoms with Crippen LogP contribution in [-0.2, 0) is 13.0 Å². The Morgan fingerprint density at radius 2 is 2.09 bits per heavy atom. The number of carboxylic acid groups (broad SMARTS) is 1. The van der Waals surface area contributed by atoms with Gasteiger partial charge in [0.2, 0.25) is 0 Å². The smallest absolute Gasteiger partial charge is 0.356 e. The number of rotatable bonds is 7. The molecule has 4 aromatic rings. The minimum absolute atomic E-state index is 0.0101. The third-order valence-electron chi connectivity index (χ3n) is 5.85. The summed E-state index contributed by atoms with van der Waals surface area (Å²) in [4.78, 5) is 18.2. The van der Waals surface area contributed by atoms with E-state index >= 15 is 0 Å². The highest BCUT2D eigenvalue weighted by Crippen LogP contribution is 2.35. The molecular formula is C25H25N5O4. The zero-order chi connectivity index (χ0) is 23.7. The van der Waals surface area contributed by atoms with Crippen LogP contribution in [0.25, 0.3) is 5.65 Å². The molecule has 0 fully saturated rings. The second-order valence-corrected chi connectivity index (χ2v) is 8.17. The van der Waals surface area contributed by atoms with Crippen LogP contribution in [0.4, 0.5) is 17.2 Å². The predicted octanol–water partition coefficient (Wildman–Crippen LogP) is 4.14. The average molecular weight is 460 g/mol. The standard InChI is InChI=1S/C25H25N5O4/c1-29(15-16-8-10-18(33-2)11-9-16)20-13-22(28-30-21(25(31)32)14-26-24(20)30)27-19-7-3-5-17-6-4-12-34-23(17)19/h3,5,7-11,13-14H,4,6,12,15H2,1-2H3,(H,27,28)(H,31,32). The Hall–Kier alpha value is -4.27. The van der Waals surface area contributed by atoms with Crippen molar-refractivity contribution in [3.05, 3.63) is 71.5 Å². The molecule has 0 saturated heterocycles. The molecule has 1 aliphatic heterocycles. The van der Waals surface area contributed by atoms with Gasteiger partial charge < -0.3 is 24.8 Å². The van der Waals surface area contributed by atoms with E-state index < -0.39 is 5.97 Å². The largest absolute Gasteiger partial charge is 0.497 e. The summed E-state index contributed by atoms with van der Waals surface area (Å²) >= 11 is 0. The van der Waals surface area contributed by atoms with Crippen molar-refractivity contribution in [3.63, 3.8) is 0 Å². The van der Waals surface area contributed by atoms with E-state index in [0.29, 0.717) is 24.6 Å². The van der Waals surface area contributed by atoms with Crippen LogP contribution in [0.1, 0.15) is 28.0 Å². The molecule has 0 spiro atoms. The number of imidazole rings is 1. The Bertz CT molecular complexity index is 1350. The lowest BCUT2D eigenvalue weighted by molar-refractivity contribution is 0.0688. The monoisotopic (exact) mass is 459 g/mol. The maximum Gasteiger partial charge on any atom is 0.356 e. The molecule has 0 aliphatic carbocycles. The van der Waals surface area contributed by atoms with Crippen LogP contribution in [0.3, 0.4) is 0 Å². The molecule has 34 heavy (non-hydrogen) atoms. The van der Waals surface area contributed by atoms with Crippen LogP contribution in [-0.4, -0.2) is 46.4 Å². The van der Waals surface area contributed by atoms with Crippen molar-refractivity contribution < 1.29 is 19.4 Å². The molecule has 0 saturated carbocycles. The Balaban J connectivity index is 1.54. The molecule has 3 heterocycles. The summed E-state index contributed by atoms with van der Waals surface area (Å²) in [5, 5.41) is 17.5. The normalized spacial score (nSPS) is 12.6. The lowest BCUT2D eigenvalue weighted by Gasteiger charge is -2.23. The molecule has 0 unspecified atom stereocenters. The number of aromatic nitrogens is 3. The van der Waals surface area contributed by atoms with Gasteiger partial charge in [-0.05, 0) is 42.2 Å². The second-order valence-electron chi connectivity index (χ2n) is 8.17. The van der Waals surface area contributed by atoms with Gasteiger partial charge in [-0.2, -0.15) is 0 Å². The van der Waals surface area contributed by atoms with Crippen LogP contribution in [0, 0.1) is 0 Å². The van der Waals surface area contributed by atoms with E-state index in [9.17, 15) is 9.90 Å². The summed E-state index contributed by atoms with van der Waals surface area (Å²) in [5.41, 5.74) is 4.21. The van der Waals surface area contributed by atoms with Gasteiger partial charge in [-0.15, -0.1) is 5.10 Å². The van der Waals surface area contributed by atoms with E-state index in [1.54, 1.807) is 7.11 Å². The maximum atomic E-state index is 11.8. The molecule has 1 aliphatic rings. The van der Waals surface area contributed by atoms with Crippen LogP contribution >= 0.6 is 0 Å². The molecule has 9 heteroatoms. The molecular weight excluding hydrogens is 434 g/mol. The SMILES string of the molecule is COc1ccc(CN(C)c2cc(Nc3cccc4c3OCCC4)nn3c(C(=O)O)cnc23)cc1. The van der Waals surface area contributed by atoms with E-state index in [-0.39, 0.29) is 5.69 Å². The number of aryl methyl sites for hydroxylation is 1. The fourth-order valence-electron chi connectivity index (χ4n) is 4.16. The number of para-hydroxylation sites is 1. The lowest BCUT2D eigenvalue weighted by Crippen LogP contribution is -2.19. The first-order valence-electron chi connectivity index (χ1n) is 11.0. The first-order valence-corrected chi connectivity index (χ1v) is 11.0. The van der Waals surface area contributed by atoms with Crippen molar-refractivity contribution in [1.29, 1.82) is 0 Å². The number of anilines is 3. The van der Waals surface area contributed by atoms with Crippen molar-refractivity contribution in [2.75, 3.05) is 31.0 Å². The van der Waals surface area contributed by atoms with Crippen molar-refractivity contribution in [3.8, 4) is 11.5 Å². The molecule has 2 aromatic carbocycles. The molecule has 0 atom stereocenters. The van der Waals surface area contributed by atoms with Gasteiger partial charge in [-0.1, -0.05) is 24.3 Å². The number of carbonyl (C=O) groups is 1. The first-order chi connectivity index (χ1) is 16.5. The summed E-state index contributed by atoms with van der Waals surface area (Å²) in [6.45, 7) is 1.25. The van der Waals surface area contributed by atoms with Gasteiger partial charge >= 0.3 is 5.97 Å². The Labute approximate surface area is 196 Å². The third-order valence-corrected chi connectivity index (χ3v) is 5.85. The van der Waals surface area contributed by atoms with Gasteiger partial charge in [0.15, 0.2) is 17.2 Å². The number of methoxy groups -OCH3 is 1. The number of fused-ring (bicyclic) bond motifs is 2. The third kappa shape index (κ3) is 4.07. The van der Waals surface area contributed by atoms with Crippen molar-refractivity contribution in [2.45, 2.75) is 19.4 Å². The molecule has 5 rings (SSSR count). The molecule has 0 amide bonds. The highest BCUT2D eigenvalue weighted by atomic mass is 16.5. The Morgan fingerprint density at radius 1 is 1.26 bits per heavy atom. The second kappa shape index (κ2) is 8.93. The molecule has 0 radical (unpaired) electrons. The number of nitrogens with one attached hydrogen (secondary N) is 1. The lowest BCUT2D eigenvalue weighted by atomic mass is 10.1. The zero-order valence-corrected chi connectivity index (χ0v) is 19.0. The number of carboxylic acids is 1. The van der Waals surface area contributed by atoms with Crippen molar-refractivity contribution in [1.82, 2.24) is 14.6 Å². The molecule has 0 bridgehead atoms. The molecule has 2 N–H and O–H groups in total. The van der Waals surface area contributed by atoms with Gasteiger partial charge in [0.05, 0.1) is 31.3 Å². The Kier molecular flexibility index (Phi) is 5.67. The summed E-state index contributed by atoms with van der Waals surface area (Å²) in [6, 6.07) is 15.7. The van der Waals surface area contributed by atoms with Gasteiger partial charge in [-0.3, -0.25) is 0 Å². The van der Waals surface area contributed by atoms with E-state index in [1.807, 2.05) is 54.4 Å². The van der Waals surface area contributed by atoms with Gasteiger partial charge in [0.25, 0.3) is 0 Å². The highest BCUT2D eigenvalue weighted by molar-refractivity contribution is 5.88. The summed E-state index contributed by atoms with van der Waals surface area (Å²) in [6.07, 6.45) is 3.27. The fraction of sp³-hybridized carbons (Fsp3) is 0.240. The minimum atomic E-state index is -1.10. The Morgan fingerprint density at radius 3 is 2.85 bits per heavy atom. The number of hydrogen-bond donors (Lipinski definition) is 2. The average Bonchev–Trinajstić information content (AvgIpc) is 3.28. The molecule has 174 valence electrons. The molecule has 9 nitrogen and oxygen atoms in total. The van der Waals surface area contributed by atoms with E-state index in [2.05, 4.69) is 21.5 Å². The highest BCUT2D eigenvalue weighted by Gasteiger charge is 2.20. The van der Waals surface area contributed by atoms with E-state index in [0.717, 1.165) is 46.8 Å². The van der Waals surface area contributed by atoms with Crippen molar-refractivity contribution in [2.24, 2.45) is 0 Å². The minimum Gasteiger partial charge on any atom is -0.497 e. The molecule has 2 aromatic heterocycles. The first kappa shape index (κ1) is 21.6. The maximum absolute atomic E-state index is 11.8. The quantitative estimate of drug-likeness (QED) is 0.425. The van der Waals surface area contributed by atoms with Crippen molar-refractivity contribution >= 4 is 28.8 Å². The van der Waals surface area contributed by atoms with Crippen LogP contribution in [0.5, 0.6) is 11.5 Å². The predicted molar refractivity (Wildman–Crippen MR) is 129 cm³/mol. The number of nitrogens with zero attached hydrogens (tertiary/aromatic N) is 4. The van der Waals surface area contributed by atoms with E-state index in [4.69, 9.17) is 9.47 Å². The number of benzene rings is 2. The van der Waals surface area contributed by atoms with Crippen LogP contribution in [0.2, 0.25) is 0 Å². The fourth-order valence-corrected chi connectivity index (χ4v) is 4.16. The number of ether oxygens (including phenoxy) is 2. The van der Waals surface area contributed by atoms with Crippen LogP contribution in [0.15, 0.2) is 54.7 Å². The number of aromatic carboxylic acids is 1. The van der Waals surface area contributed by atoms with Gasteiger partial charge in [0, 0.05) is 19.7 Å². The zero-order valence-electron chi connectivity index (χ0n) is 19.0. The van der Waals surface area contributed by atoms with E-state index in [1.165, 1.54) is 10.7 Å². The topological polar surface area (TPSA) is 101 Å². The van der Waals surface area contributed by atoms with Crippen LogP contribution < -0.4 is 19.7 Å². The van der Waals surface area contributed by atoms with Gasteiger partial charge in [-0.25, -0.2) is 14.3 Å².